The number of ether oxygens (including phenoxy) is 4. The van der Waals surface area contributed by atoms with Crippen LogP contribution in [0.1, 0.15) is 15.9 Å². The van der Waals surface area contributed by atoms with E-state index in [4.69, 9.17) is 18.9 Å². The van der Waals surface area contributed by atoms with Crippen LogP contribution in [0.15, 0.2) is 30.3 Å². The summed E-state index contributed by atoms with van der Waals surface area (Å²) in [5.41, 5.74) is 1.75. The van der Waals surface area contributed by atoms with Crippen LogP contribution in [-0.4, -0.2) is 53.6 Å². The molecule has 7 nitrogen and oxygen atoms in total. The molecule has 0 unspecified atom stereocenters. The fraction of sp³-hybridized carbons (Fsp3) is 0.381. The minimum absolute atomic E-state index is 0.128. The maximum atomic E-state index is 14.8. The van der Waals surface area contributed by atoms with Gasteiger partial charge >= 0.3 is 5.97 Å². The topological polar surface area (TPSA) is 69.3 Å². The maximum Gasteiger partial charge on any atom is 0.342 e. The number of morpholine rings is 1. The summed E-state index contributed by atoms with van der Waals surface area (Å²) in [5, 5.41) is 3.16. The van der Waals surface area contributed by atoms with E-state index in [1.165, 1.54) is 13.2 Å². The second-order valence-electron chi connectivity index (χ2n) is 6.47. The van der Waals surface area contributed by atoms with E-state index in [0.29, 0.717) is 55.7 Å². The molecule has 2 aromatic rings. The number of carbonyl (C=O) groups excluding carboxylic acids is 1. The summed E-state index contributed by atoms with van der Waals surface area (Å²) in [5.74, 6) is -0.0762. The molecule has 1 N–H and O–H groups in total. The van der Waals surface area contributed by atoms with E-state index in [-0.39, 0.29) is 5.56 Å². The molecular formula is C21H25FN2O5. The Kier molecular flexibility index (Phi) is 6.77. The van der Waals surface area contributed by atoms with E-state index in [1.54, 1.807) is 26.4 Å². The van der Waals surface area contributed by atoms with Crippen LogP contribution < -0.4 is 19.7 Å². The van der Waals surface area contributed by atoms with E-state index in [9.17, 15) is 9.18 Å². The Morgan fingerprint density at radius 2 is 1.90 bits per heavy atom. The zero-order valence-corrected chi connectivity index (χ0v) is 16.8. The average molecular weight is 404 g/mol. The Balaban J connectivity index is 1.91. The van der Waals surface area contributed by atoms with Crippen molar-refractivity contribution in [3.05, 3.63) is 47.3 Å². The van der Waals surface area contributed by atoms with E-state index in [1.807, 2.05) is 17.0 Å². The molecule has 0 aromatic heterocycles. The van der Waals surface area contributed by atoms with Crippen LogP contribution in [0, 0.1) is 5.82 Å². The zero-order valence-electron chi connectivity index (χ0n) is 16.8. The van der Waals surface area contributed by atoms with Gasteiger partial charge in [0.2, 0.25) is 0 Å². The predicted molar refractivity (Wildman–Crippen MR) is 108 cm³/mol. The number of methoxy groups -OCH3 is 3. The molecule has 1 heterocycles. The van der Waals surface area contributed by atoms with Gasteiger partial charge in [-0.1, -0.05) is 0 Å². The molecule has 0 atom stereocenters. The smallest absolute Gasteiger partial charge is 0.342 e. The van der Waals surface area contributed by atoms with Crippen molar-refractivity contribution in [2.45, 2.75) is 6.54 Å². The van der Waals surface area contributed by atoms with E-state index in [2.05, 4.69) is 5.32 Å². The van der Waals surface area contributed by atoms with Crippen molar-refractivity contribution in [2.24, 2.45) is 0 Å². The molecular weight excluding hydrogens is 379 g/mol. The van der Waals surface area contributed by atoms with Gasteiger partial charge < -0.3 is 29.2 Å². The highest BCUT2D eigenvalue weighted by Gasteiger charge is 2.22. The third-order valence-corrected chi connectivity index (χ3v) is 4.80. The summed E-state index contributed by atoms with van der Waals surface area (Å²) < 4.78 is 35.6. The van der Waals surface area contributed by atoms with Crippen molar-refractivity contribution in [3.63, 3.8) is 0 Å². The van der Waals surface area contributed by atoms with Gasteiger partial charge in [-0.2, -0.15) is 0 Å². The lowest BCUT2D eigenvalue weighted by Gasteiger charge is -2.29. The lowest BCUT2D eigenvalue weighted by atomic mass is 10.1. The monoisotopic (exact) mass is 404 g/mol. The molecule has 1 aliphatic heterocycles. The van der Waals surface area contributed by atoms with Gasteiger partial charge in [-0.25, -0.2) is 9.18 Å². The lowest BCUT2D eigenvalue weighted by molar-refractivity contribution is 0.0596. The van der Waals surface area contributed by atoms with E-state index < -0.39 is 11.8 Å². The number of nitrogens with zero attached hydrogens (tertiary/aromatic N) is 1. The van der Waals surface area contributed by atoms with Crippen LogP contribution in [-0.2, 0) is 16.0 Å². The fourth-order valence-corrected chi connectivity index (χ4v) is 3.23. The molecule has 1 fully saturated rings. The first kappa shape index (κ1) is 20.7. The lowest BCUT2D eigenvalue weighted by Crippen LogP contribution is -2.36. The summed E-state index contributed by atoms with van der Waals surface area (Å²) in [6, 6.07) is 8.55. The molecule has 8 heteroatoms. The Morgan fingerprint density at radius 1 is 1.14 bits per heavy atom. The van der Waals surface area contributed by atoms with Gasteiger partial charge in [0.1, 0.15) is 22.9 Å². The van der Waals surface area contributed by atoms with Crippen molar-refractivity contribution >= 4 is 17.3 Å². The molecule has 1 aliphatic rings. The van der Waals surface area contributed by atoms with Crippen molar-refractivity contribution in [1.29, 1.82) is 0 Å². The van der Waals surface area contributed by atoms with Crippen molar-refractivity contribution < 1.29 is 28.1 Å². The number of hydrogen-bond donors (Lipinski definition) is 1. The number of halogens is 1. The summed E-state index contributed by atoms with van der Waals surface area (Å²) in [6.07, 6.45) is 0. The summed E-state index contributed by atoms with van der Waals surface area (Å²) in [6.45, 7) is 2.78. The number of esters is 1. The number of rotatable bonds is 7. The first-order chi connectivity index (χ1) is 14.1. The molecule has 3 rings (SSSR count). The normalized spacial score (nSPS) is 13.7. The molecule has 0 amide bonds. The van der Waals surface area contributed by atoms with E-state index in [0.717, 1.165) is 5.56 Å². The highest BCUT2D eigenvalue weighted by atomic mass is 19.1. The van der Waals surface area contributed by atoms with Crippen molar-refractivity contribution in [2.75, 3.05) is 57.8 Å². The van der Waals surface area contributed by atoms with Gasteiger partial charge in [0.05, 0.1) is 40.2 Å². The number of anilines is 2. The minimum atomic E-state index is -0.736. The van der Waals surface area contributed by atoms with Crippen LogP contribution in [0.4, 0.5) is 15.8 Å². The molecule has 0 aliphatic carbocycles. The molecule has 156 valence electrons. The SMILES string of the molecule is COC(=O)c1c(F)cc(N2CCOCC2)cc1NCc1ccc(OC)cc1OC. The second kappa shape index (κ2) is 9.47. The Hall–Kier alpha value is -3.00. The standard InChI is InChI=1S/C21H25FN2O5/c1-26-16-5-4-14(19(12-16)27-2)13-23-18-11-15(24-6-8-29-9-7-24)10-17(22)20(18)21(25)28-3/h4-5,10-12,23H,6-9,13H2,1-3H3. The van der Waals surface area contributed by atoms with Crippen molar-refractivity contribution in [1.82, 2.24) is 0 Å². The fourth-order valence-electron chi connectivity index (χ4n) is 3.23. The Morgan fingerprint density at radius 3 is 2.55 bits per heavy atom. The van der Waals surface area contributed by atoms with Gasteiger partial charge in [0, 0.05) is 37.0 Å². The average Bonchev–Trinajstić information content (AvgIpc) is 2.77. The van der Waals surface area contributed by atoms with Gasteiger partial charge in [-0.3, -0.25) is 0 Å². The van der Waals surface area contributed by atoms with Gasteiger partial charge in [-0.15, -0.1) is 0 Å². The first-order valence-corrected chi connectivity index (χ1v) is 9.26. The Labute approximate surface area is 169 Å². The molecule has 0 spiro atoms. The van der Waals surface area contributed by atoms with E-state index >= 15 is 0 Å². The van der Waals surface area contributed by atoms with Gasteiger partial charge in [-0.05, 0) is 24.3 Å². The Bertz CT molecular complexity index is 868. The zero-order chi connectivity index (χ0) is 20.8. The van der Waals surface area contributed by atoms with Gasteiger partial charge in [0.15, 0.2) is 0 Å². The molecule has 2 aromatic carbocycles. The number of carbonyl (C=O) groups is 1. The quantitative estimate of drug-likeness (QED) is 0.711. The summed E-state index contributed by atoms with van der Waals surface area (Å²) in [4.78, 5) is 14.2. The number of hydrogen-bond acceptors (Lipinski definition) is 7. The number of nitrogens with one attached hydrogen (secondary N) is 1. The molecule has 29 heavy (non-hydrogen) atoms. The maximum absolute atomic E-state index is 14.8. The third-order valence-electron chi connectivity index (χ3n) is 4.80. The second-order valence-corrected chi connectivity index (χ2v) is 6.47. The molecule has 1 saturated heterocycles. The van der Waals surface area contributed by atoms with Crippen LogP contribution in [0.2, 0.25) is 0 Å². The predicted octanol–water partition coefficient (Wildman–Crippen LogP) is 3.08. The highest BCUT2D eigenvalue weighted by molar-refractivity contribution is 5.96. The van der Waals surface area contributed by atoms with Crippen LogP contribution in [0.3, 0.4) is 0 Å². The molecule has 0 bridgehead atoms. The molecule has 0 radical (unpaired) electrons. The number of benzene rings is 2. The third kappa shape index (κ3) is 4.71. The van der Waals surface area contributed by atoms with Crippen LogP contribution in [0.25, 0.3) is 0 Å². The summed E-state index contributed by atoms with van der Waals surface area (Å²) in [7, 11) is 4.38. The van der Waals surface area contributed by atoms with Crippen LogP contribution >= 0.6 is 0 Å². The largest absolute Gasteiger partial charge is 0.497 e. The molecule has 0 saturated carbocycles. The first-order valence-electron chi connectivity index (χ1n) is 9.26. The van der Waals surface area contributed by atoms with Crippen LogP contribution in [0.5, 0.6) is 11.5 Å². The summed E-state index contributed by atoms with van der Waals surface area (Å²) >= 11 is 0. The minimum Gasteiger partial charge on any atom is -0.497 e. The van der Waals surface area contributed by atoms with Crippen molar-refractivity contribution in [3.8, 4) is 11.5 Å². The highest BCUT2D eigenvalue weighted by Crippen LogP contribution is 2.30. The van der Waals surface area contributed by atoms with Gasteiger partial charge in [0.25, 0.3) is 0 Å².